The van der Waals surface area contributed by atoms with Gasteiger partial charge in [-0.1, -0.05) is 12.1 Å². The molecule has 5 nitrogen and oxygen atoms in total. The molecular formula is C18H19BrN2O3. The largest absolute Gasteiger partial charge is 0.497 e. The lowest BCUT2D eigenvalue weighted by Crippen LogP contribution is -2.19. The lowest BCUT2D eigenvalue weighted by atomic mass is 10.0. The van der Waals surface area contributed by atoms with Crippen molar-refractivity contribution in [2.45, 2.75) is 19.3 Å². The number of nitrogens with zero attached hydrogens (tertiary/aromatic N) is 2. The van der Waals surface area contributed by atoms with E-state index in [4.69, 9.17) is 4.74 Å². The highest BCUT2D eigenvalue weighted by Gasteiger charge is 2.25. The van der Waals surface area contributed by atoms with Crippen LogP contribution in [0.3, 0.4) is 0 Å². The van der Waals surface area contributed by atoms with Crippen molar-refractivity contribution in [2.75, 3.05) is 25.1 Å². The average molecular weight is 391 g/mol. The number of rotatable bonds is 5. The molecule has 1 aliphatic heterocycles. The van der Waals surface area contributed by atoms with E-state index < -0.39 is 0 Å². The van der Waals surface area contributed by atoms with Crippen LogP contribution in [0.2, 0.25) is 0 Å². The number of methoxy groups -OCH3 is 1. The molecule has 1 heterocycles. The summed E-state index contributed by atoms with van der Waals surface area (Å²) in [5.74, 6) is 0.801. The van der Waals surface area contributed by atoms with Gasteiger partial charge in [0.1, 0.15) is 11.4 Å². The molecule has 0 saturated carbocycles. The van der Waals surface area contributed by atoms with Crippen molar-refractivity contribution in [3.63, 3.8) is 0 Å². The monoisotopic (exact) mass is 390 g/mol. The van der Waals surface area contributed by atoms with Crippen molar-refractivity contribution >= 4 is 27.3 Å². The van der Waals surface area contributed by atoms with Gasteiger partial charge in [-0.25, -0.2) is 0 Å². The van der Waals surface area contributed by atoms with E-state index in [0.717, 1.165) is 47.3 Å². The summed E-state index contributed by atoms with van der Waals surface area (Å²) < 4.78 is 5.95. The number of halogens is 1. The molecule has 0 radical (unpaired) electrons. The molecule has 0 spiro atoms. The lowest BCUT2D eigenvalue weighted by molar-refractivity contribution is -0.384. The predicted octanol–water partition coefficient (Wildman–Crippen LogP) is 4.56. The fourth-order valence-corrected chi connectivity index (χ4v) is 3.86. The van der Waals surface area contributed by atoms with Crippen LogP contribution in [0.1, 0.15) is 24.0 Å². The van der Waals surface area contributed by atoms with Gasteiger partial charge >= 0.3 is 0 Å². The van der Waals surface area contributed by atoms with Gasteiger partial charge in [-0.3, -0.25) is 10.1 Å². The Morgan fingerprint density at radius 2 is 1.83 bits per heavy atom. The van der Waals surface area contributed by atoms with E-state index >= 15 is 0 Å². The first kappa shape index (κ1) is 16.8. The number of anilines is 1. The third-order valence-electron chi connectivity index (χ3n) is 4.29. The zero-order valence-corrected chi connectivity index (χ0v) is 15.1. The molecular weight excluding hydrogens is 372 g/mol. The van der Waals surface area contributed by atoms with Crippen LogP contribution < -0.4 is 9.64 Å². The molecule has 2 aromatic carbocycles. The first-order chi connectivity index (χ1) is 11.6. The van der Waals surface area contributed by atoms with Gasteiger partial charge in [0, 0.05) is 23.6 Å². The molecule has 0 aliphatic carbocycles. The summed E-state index contributed by atoms with van der Waals surface area (Å²) in [5.41, 5.74) is 2.89. The molecule has 6 heteroatoms. The molecule has 1 saturated heterocycles. The van der Waals surface area contributed by atoms with Gasteiger partial charge in [0.25, 0.3) is 5.69 Å². The third-order valence-corrected chi connectivity index (χ3v) is 4.89. The molecule has 0 unspecified atom stereocenters. The molecule has 2 aromatic rings. The summed E-state index contributed by atoms with van der Waals surface area (Å²) in [7, 11) is 1.63. The van der Waals surface area contributed by atoms with Gasteiger partial charge in [0.2, 0.25) is 0 Å². The Kier molecular flexibility index (Phi) is 5.04. The zero-order valence-electron chi connectivity index (χ0n) is 13.5. The molecule has 3 rings (SSSR count). The molecule has 126 valence electrons. The van der Waals surface area contributed by atoms with Crippen molar-refractivity contribution in [3.8, 4) is 5.75 Å². The molecule has 0 atom stereocenters. The van der Waals surface area contributed by atoms with Gasteiger partial charge < -0.3 is 9.64 Å². The van der Waals surface area contributed by atoms with E-state index in [0.29, 0.717) is 12.1 Å². The van der Waals surface area contributed by atoms with E-state index in [9.17, 15) is 10.1 Å². The molecule has 0 bridgehead atoms. The van der Waals surface area contributed by atoms with Crippen molar-refractivity contribution < 1.29 is 9.66 Å². The first-order valence-corrected chi connectivity index (χ1v) is 8.72. The van der Waals surface area contributed by atoms with Crippen molar-refractivity contribution in [1.82, 2.24) is 0 Å². The summed E-state index contributed by atoms with van der Waals surface area (Å²) >= 11 is 3.55. The molecule has 1 aliphatic rings. The second-order valence-corrected chi connectivity index (χ2v) is 6.78. The standard InChI is InChI=1S/C18H19BrN2O3/c1-24-15-6-4-13(5-7-15)10-14-11-16(19)18(17(12-14)21(22)23)20-8-2-3-9-20/h4-7,11-12H,2-3,8-10H2,1H3. The maximum Gasteiger partial charge on any atom is 0.293 e. The smallest absolute Gasteiger partial charge is 0.293 e. The average Bonchev–Trinajstić information content (AvgIpc) is 3.09. The van der Waals surface area contributed by atoms with E-state index in [1.165, 1.54) is 0 Å². The van der Waals surface area contributed by atoms with E-state index in [1.807, 2.05) is 30.3 Å². The SMILES string of the molecule is COc1ccc(Cc2cc(Br)c(N3CCCC3)c([N+](=O)[O-])c2)cc1. The van der Waals surface area contributed by atoms with Crippen molar-refractivity contribution in [2.24, 2.45) is 0 Å². The summed E-state index contributed by atoms with van der Waals surface area (Å²) in [6, 6.07) is 11.4. The van der Waals surface area contributed by atoms with Crippen molar-refractivity contribution in [3.05, 3.63) is 62.1 Å². The second-order valence-electron chi connectivity index (χ2n) is 5.92. The number of hydrogen-bond donors (Lipinski definition) is 0. The highest BCUT2D eigenvalue weighted by Crippen LogP contribution is 2.39. The van der Waals surface area contributed by atoms with Crippen molar-refractivity contribution in [1.29, 1.82) is 0 Å². The Hall–Kier alpha value is -2.08. The minimum Gasteiger partial charge on any atom is -0.497 e. The topological polar surface area (TPSA) is 55.6 Å². The van der Waals surface area contributed by atoms with Crippen LogP contribution in [-0.2, 0) is 6.42 Å². The zero-order chi connectivity index (χ0) is 17.1. The van der Waals surface area contributed by atoms with Crippen LogP contribution in [0, 0.1) is 10.1 Å². The van der Waals surface area contributed by atoms with Gasteiger partial charge in [0.05, 0.1) is 12.0 Å². The first-order valence-electron chi connectivity index (χ1n) is 7.93. The highest BCUT2D eigenvalue weighted by molar-refractivity contribution is 9.10. The minimum absolute atomic E-state index is 0.176. The maximum absolute atomic E-state index is 11.6. The molecule has 0 aromatic heterocycles. The van der Waals surface area contributed by atoms with Gasteiger partial charge in [-0.2, -0.15) is 0 Å². The Morgan fingerprint density at radius 1 is 1.17 bits per heavy atom. The van der Waals surface area contributed by atoms with Gasteiger partial charge in [0.15, 0.2) is 0 Å². The molecule has 0 amide bonds. The molecule has 0 N–H and O–H groups in total. The molecule has 24 heavy (non-hydrogen) atoms. The van der Waals surface area contributed by atoms with Gasteiger partial charge in [-0.05, 0) is 64.5 Å². The fourth-order valence-electron chi connectivity index (χ4n) is 3.11. The Bertz CT molecular complexity index is 741. The van der Waals surface area contributed by atoms with Crippen LogP contribution in [0.15, 0.2) is 40.9 Å². The van der Waals surface area contributed by atoms with E-state index in [1.54, 1.807) is 13.2 Å². The normalized spacial score (nSPS) is 14.0. The third kappa shape index (κ3) is 3.53. The second kappa shape index (κ2) is 7.21. The minimum atomic E-state index is -0.282. The Labute approximate surface area is 149 Å². The van der Waals surface area contributed by atoms with E-state index in [-0.39, 0.29) is 10.6 Å². The summed E-state index contributed by atoms with van der Waals surface area (Å²) in [4.78, 5) is 13.4. The lowest BCUT2D eigenvalue weighted by Gasteiger charge is -2.20. The van der Waals surface area contributed by atoms with Crippen LogP contribution in [-0.4, -0.2) is 25.1 Å². The number of ether oxygens (including phenoxy) is 1. The van der Waals surface area contributed by atoms with Crippen LogP contribution in [0.4, 0.5) is 11.4 Å². The summed E-state index contributed by atoms with van der Waals surface area (Å²) in [5, 5.41) is 11.6. The van der Waals surface area contributed by atoms with Gasteiger partial charge in [-0.15, -0.1) is 0 Å². The van der Waals surface area contributed by atoms with Crippen LogP contribution >= 0.6 is 15.9 Å². The number of benzene rings is 2. The fraction of sp³-hybridized carbons (Fsp3) is 0.333. The Balaban J connectivity index is 1.92. The van der Waals surface area contributed by atoms with Crippen LogP contribution in [0.25, 0.3) is 0 Å². The van der Waals surface area contributed by atoms with E-state index in [2.05, 4.69) is 20.8 Å². The summed E-state index contributed by atoms with van der Waals surface area (Å²) in [6.07, 6.45) is 2.80. The summed E-state index contributed by atoms with van der Waals surface area (Å²) in [6.45, 7) is 1.74. The highest BCUT2D eigenvalue weighted by atomic mass is 79.9. The quantitative estimate of drug-likeness (QED) is 0.554. The van der Waals surface area contributed by atoms with Crippen LogP contribution in [0.5, 0.6) is 5.75 Å². The maximum atomic E-state index is 11.6. The number of nitro benzene ring substituents is 1. The number of hydrogen-bond acceptors (Lipinski definition) is 4. The number of nitro groups is 1. The molecule has 1 fully saturated rings. The predicted molar refractivity (Wildman–Crippen MR) is 98.0 cm³/mol. The Morgan fingerprint density at radius 3 is 2.42 bits per heavy atom.